The molecule has 3 unspecified atom stereocenters. The number of rotatable bonds is 3. The Kier molecular flexibility index (Phi) is 2.78. The monoisotopic (exact) mass is 279 g/mol. The molecule has 1 N–H and O–H groups in total. The van der Waals surface area contributed by atoms with Crippen molar-refractivity contribution in [2.24, 2.45) is 23.7 Å². The molecule has 0 bridgehead atoms. The van der Waals surface area contributed by atoms with Gasteiger partial charge in [0.05, 0.1) is 18.6 Å². The largest absolute Gasteiger partial charge is 0.415 e. The van der Waals surface area contributed by atoms with Gasteiger partial charge in [0.1, 0.15) is 0 Å². The van der Waals surface area contributed by atoms with E-state index in [0.717, 1.165) is 0 Å². The fraction of sp³-hybridized carbons (Fsp3) is 0.800. The van der Waals surface area contributed by atoms with Gasteiger partial charge in [-0.05, 0) is 30.0 Å². The lowest BCUT2D eigenvalue weighted by Gasteiger charge is -2.51. The molecule has 3 nitrogen and oxygen atoms in total. The highest BCUT2D eigenvalue weighted by Crippen LogP contribution is 2.57. The summed E-state index contributed by atoms with van der Waals surface area (Å²) in [5.41, 5.74) is 0. The number of carbonyl (C=O) groups is 1. The van der Waals surface area contributed by atoms with Gasteiger partial charge in [0, 0.05) is 5.92 Å². The second-order valence-corrected chi connectivity index (χ2v) is 12.6. The van der Waals surface area contributed by atoms with E-state index >= 15 is 0 Å². The summed E-state index contributed by atoms with van der Waals surface area (Å²) in [4.78, 5) is 12.0. The van der Waals surface area contributed by atoms with Crippen LogP contribution in [0.1, 0.15) is 20.8 Å². The van der Waals surface area contributed by atoms with Crippen LogP contribution in [-0.4, -0.2) is 26.9 Å². The van der Waals surface area contributed by atoms with E-state index in [4.69, 9.17) is 4.43 Å². The fourth-order valence-electron chi connectivity index (χ4n) is 3.37. The number of fused-ring (bicyclic) bond motifs is 4. The van der Waals surface area contributed by atoms with Crippen molar-refractivity contribution in [3.05, 3.63) is 12.2 Å². The molecular weight excluding hydrogens is 254 g/mol. The molecule has 1 saturated heterocycles. The van der Waals surface area contributed by atoms with Gasteiger partial charge in [-0.3, -0.25) is 4.79 Å². The lowest BCUT2D eigenvalue weighted by Crippen LogP contribution is -2.53. The normalized spacial score (nSPS) is 40.1. The van der Waals surface area contributed by atoms with E-state index in [1.54, 1.807) is 0 Å². The second kappa shape index (κ2) is 3.95. The number of carbonyl (C=O) groups excluding carboxylic acids is 1. The zero-order chi connectivity index (χ0) is 14.0. The highest BCUT2D eigenvalue weighted by atomic mass is 28.4. The van der Waals surface area contributed by atoms with Gasteiger partial charge >= 0.3 is 0 Å². The first-order valence-electron chi connectivity index (χ1n) is 7.35. The molecule has 1 heterocycles. The molecule has 3 rings (SSSR count). The van der Waals surface area contributed by atoms with Crippen molar-refractivity contribution in [3.8, 4) is 0 Å². The summed E-state index contributed by atoms with van der Waals surface area (Å²) in [5, 5.41) is 3.39. The van der Waals surface area contributed by atoms with E-state index in [9.17, 15) is 4.79 Å². The summed E-state index contributed by atoms with van der Waals surface area (Å²) >= 11 is 0. The first kappa shape index (κ1) is 13.4. The maximum Gasteiger partial charge on any atom is 0.224 e. The minimum atomic E-state index is -1.71. The summed E-state index contributed by atoms with van der Waals surface area (Å²) in [6.45, 7) is 12.0. The van der Waals surface area contributed by atoms with Crippen LogP contribution in [0.25, 0.3) is 0 Å². The van der Waals surface area contributed by atoms with Crippen molar-refractivity contribution in [1.82, 2.24) is 5.32 Å². The summed E-state index contributed by atoms with van der Waals surface area (Å²) in [6, 6.07) is 0.234. The van der Waals surface area contributed by atoms with Crippen molar-refractivity contribution in [2.75, 3.05) is 6.61 Å². The molecule has 1 aliphatic heterocycles. The molecule has 0 aromatic carbocycles. The molecule has 0 aromatic rings. The van der Waals surface area contributed by atoms with Crippen LogP contribution in [0.4, 0.5) is 0 Å². The molecule has 19 heavy (non-hydrogen) atoms. The Morgan fingerprint density at radius 2 is 1.89 bits per heavy atom. The van der Waals surface area contributed by atoms with Gasteiger partial charge in [-0.2, -0.15) is 0 Å². The Bertz CT molecular complexity index is 438. The van der Waals surface area contributed by atoms with Crippen LogP contribution >= 0.6 is 0 Å². The second-order valence-electron chi connectivity index (χ2n) is 7.83. The summed E-state index contributed by atoms with van der Waals surface area (Å²) in [6.07, 6.45) is 4.47. The van der Waals surface area contributed by atoms with E-state index in [0.29, 0.717) is 24.4 Å². The molecule has 2 fully saturated rings. The first-order valence-corrected chi connectivity index (χ1v) is 10.3. The highest BCUT2D eigenvalue weighted by molar-refractivity contribution is 6.74. The van der Waals surface area contributed by atoms with E-state index in [1.807, 2.05) is 0 Å². The van der Waals surface area contributed by atoms with Gasteiger partial charge in [-0.1, -0.05) is 32.9 Å². The molecule has 4 heteroatoms. The van der Waals surface area contributed by atoms with E-state index in [1.165, 1.54) is 0 Å². The summed E-state index contributed by atoms with van der Waals surface area (Å²) in [7, 11) is -1.71. The predicted octanol–water partition coefficient (Wildman–Crippen LogP) is 2.55. The van der Waals surface area contributed by atoms with Gasteiger partial charge in [-0.25, -0.2) is 0 Å². The number of hydrogen-bond donors (Lipinski definition) is 1. The van der Waals surface area contributed by atoms with Crippen molar-refractivity contribution < 1.29 is 9.22 Å². The third-order valence-corrected chi connectivity index (χ3v) is 10.3. The van der Waals surface area contributed by atoms with E-state index < -0.39 is 8.32 Å². The quantitative estimate of drug-likeness (QED) is 0.637. The number of nitrogens with one attached hydrogen (secondary N) is 1. The van der Waals surface area contributed by atoms with Crippen LogP contribution in [0.15, 0.2) is 12.2 Å². The Labute approximate surface area is 116 Å². The topological polar surface area (TPSA) is 38.3 Å². The minimum Gasteiger partial charge on any atom is -0.415 e. The third kappa shape index (κ3) is 1.83. The average molecular weight is 279 g/mol. The van der Waals surface area contributed by atoms with Crippen LogP contribution < -0.4 is 5.32 Å². The SMILES string of the molecule is CC(C)(C)[Si](C)(C)OC[C@H]1NC(=O)C2C3C=CC3[C@@H]21. The first-order chi connectivity index (χ1) is 8.72. The van der Waals surface area contributed by atoms with Crippen molar-refractivity contribution in [3.63, 3.8) is 0 Å². The predicted molar refractivity (Wildman–Crippen MR) is 78.2 cm³/mol. The number of hydrogen-bond acceptors (Lipinski definition) is 2. The van der Waals surface area contributed by atoms with Crippen molar-refractivity contribution in [1.29, 1.82) is 0 Å². The molecular formula is C15H25NO2Si. The number of allylic oxidation sites excluding steroid dienone is 2. The Morgan fingerprint density at radius 1 is 1.26 bits per heavy atom. The molecule has 0 radical (unpaired) electrons. The lowest BCUT2D eigenvalue weighted by molar-refractivity contribution is -0.129. The van der Waals surface area contributed by atoms with Gasteiger partial charge < -0.3 is 9.74 Å². The Balaban J connectivity index is 1.63. The molecule has 1 amide bonds. The zero-order valence-corrected chi connectivity index (χ0v) is 13.6. The highest BCUT2D eigenvalue weighted by Gasteiger charge is 2.62. The molecule has 3 aliphatic rings. The minimum absolute atomic E-state index is 0.230. The summed E-state index contributed by atoms with van der Waals surface area (Å²) in [5.74, 6) is 2.15. The van der Waals surface area contributed by atoms with Gasteiger partial charge in [0.15, 0.2) is 8.32 Å². The van der Waals surface area contributed by atoms with Gasteiger partial charge in [0.25, 0.3) is 0 Å². The maximum atomic E-state index is 12.0. The maximum absolute atomic E-state index is 12.0. The molecule has 5 atom stereocenters. The van der Waals surface area contributed by atoms with Crippen LogP contribution in [0.3, 0.4) is 0 Å². The average Bonchev–Trinajstić information content (AvgIpc) is 2.50. The van der Waals surface area contributed by atoms with Crippen molar-refractivity contribution >= 4 is 14.2 Å². The van der Waals surface area contributed by atoms with Crippen LogP contribution in [0.5, 0.6) is 0 Å². The molecule has 1 saturated carbocycles. The standard InChI is InChI=1S/C15H25NO2Si/c1-15(2,3)19(4,5)18-8-11-12-9-6-7-10(9)13(12)14(17)16-11/h6-7,9-13H,8H2,1-5H3,(H,16,17)/t9?,10?,11-,12-,13?/m1/s1. The zero-order valence-electron chi connectivity index (χ0n) is 12.6. The van der Waals surface area contributed by atoms with Gasteiger partial charge in [0.2, 0.25) is 5.91 Å². The third-order valence-electron chi connectivity index (χ3n) is 5.80. The molecule has 2 aliphatic carbocycles. The van der Waals surface area contributed by atoms with E-state index in [2.05, 4.69) is 51.3 Å². The van der Waals surface area contributed by atoms with E-state index in [-0.39, 0.29) is 22.9 Å². The molecule has 0 spiro atoms. The Morgan fingerprint density at radius 3 is 2.42 bits per heavy atom. The Hall–Kier alpha value is -0.613. The number of amides is 1. The van der Waals surface area contributed by atoms with Gasteiger partial charge in [-0.15, -0.1) is 0 Å². The van der Waals surface area contributed by atoms with Crippen molar-refractivity contribution in [2.45, 2.75) is 44.9 Å². The smallest absolute Gasteiger partial charge is 0.224 e. The van der Waals surface area contributed by atoms with Crippen LogP contribution in [0.2, 0.25) is 18.1 Å². The molecule has 106 valence electrons. The van der Waals surface area contributed by atoms with Crippen LogP contribution in [0, 0.1) is 23.7 Å². The molecule has 0 aromatic heterocycles. The summed E-state index contributed by atoms with van der Waals surface area (Å²) < 4.78 is 6.29. The lowest BCUT2D eigenvalue weighted by atomic mass is 9.51. The van der Waals surface area contributed by atoms with Crippen LogP contribution in [-0.2, 0) is 9.22 Å². The fourth-order valence-corrected chi connectivity index (χ4v) is 4.40.